The van der Waals surface area contributed by atoms with Crippen molar-refractivity contribution in [2.24, 2.45) is 0 Å². The molecule has 16 heavy (non-hydrogen) atoms. The fourth-order valence-corrected chi connectivity index (χ4v) is 1.26. The fourth-order valence-electron chi connectivity index (χ4n) is 1.12. The highest BCUT2D eigenvalue weighted by Gasteiger charge is 2.51. The van der Waals surface area contributed by atoms with Crippen molar-refractivity contribution in [3.05, 3.63) is 11.2 Å². The molecule has 0 unspecified atom stereocenters. The van der Waals surface area contributed by atoms with Crippen LogP contribution in [0.2, 0.25) is 0 Å². The van der Waals surface area contributed by atoms with Crippen molar-refractivity contribution in [3.63, 3.8) is 0 Å². The molecule has 1 aliphatic heterocycles. The average molecular weight is 264 g/mol. The Morgan fingerprint density at radius 3 is 2.12 bits per heavy atom. The summed E-state index contributed by atoms with van der Waals surface area (Å²) in [6.07, 6.45) is -7.62. The second kappa shape index (κ2) is 4.10. The van der Waals surface area contributed by atoms with Crippen LogP contribution in [0.4, 0.5) is 17.6 Å². The molecule has 0 bridgehead atoms. The first-order chi connectivity index (χ1) is 7.11. The van der Waals surface area contributed by atoms with Crippen LogP contribution in [-0.4, -0.2) is 41.3 Å². The number of alkyl halides is 4. The van der Waals surface area contributed by atoms with E-state index in [0.29, 0.717) is 11.1 Å². The predicted octanol–water partition coefficient (Wildman–Crippen LogP) is 1.67. The number of ether oxygens (including phenoxy) is 1. The number of hydrogen-bond donors (Lipinski definition) is 1. The summed E-state index contributed by atoms with van der Waals surface area (Å²) in [6, 6.07) is 0. The number of carboxylic acids is 1. The Hall–Kier alpha value is -1.02. The minimum atomic E-state index is -4.06. The molecule has 1 heterocycles. The van der Waals surface area contributed by atoms with Crippen molar-refractivity contribution in [2.75, 3.05) is 13.1 Å². The quantitative estimate of drug-likeness (QED) is 0.608. The van der Waals surface area contributed by atoms with E-state index < -0.39 is 36.3 Å². The highest BCUT2D eigenvalue weighted by molar-refractivity contribution is 6.40. The number of hydrogen-bond acceptors (Lipinski definition) is 3. The molecule has 0 aromatic heterocycles. The highest BCUT2D eigenvalue weighted by atomic mass is 35.5. The Morgan fingerprint density at radius 1 is 1.31 bits per heavy atom. The van der Waals surface area contributed by atoms with Gasteiger partial charge >= 0.3 is 18.2 Å². The highest BCUT2D eigenvalue weighted by Crippen LogP contribution is 2.33. The first-order valence-electron chi connectivity index (χ1n) is 3.92. The Morgan fingerprint density at radius 2 is 1.75 bits per heavy atom. The third kappa shape index (κ3) is 3.53. The molecule has 1 saturated heterocycles. The van der Waals surface area contributed by atoms with Crippen LogP contribution in [0.3, 0.4) is 0 Å². The Kier molecular flexibility index (Phi) is 3.34. The van der Waals surface area contributed by atoms with Gasteiger partial charge in [0.05, 0.1) is 0 Å². The van der Waals surface area contributed by atoms with Gasteiger partial charge in [-0.05, 0) is 0 Å². The van der Waals surface area contributed by atoms with Crippen LogP contribution in [0.15, 0.2) is 11.2 Å². The minimum absolute atomic E-state index is 0.389. The second-order valence-electron chi connectivity index (χ2n) is 3.06. The van der Waals surface area contributed by atoms with Crippen LogP contribution < -0.4 is 0 Å². The van der Waals surface area contributed by atoms with Crippen LogP contribution >= 0.6 is 11.6 Å². The van der Waals surface area contributed by atoms with E-state index in [1.54, 1.807) is 0 Å². The average Bonchev–Trinajstić information content (AvgIpc) is 1.96. The molecule has 1 N–H and O–H groups in total. The van der Waals surface area contributed by atoms with Gasteiger partial charge in [-0.25, -0.2) is 4.79 Å². The first kappa shape index (κ1) is 13.0. The van der Waals surface area contributed by atoms with Gasteiger partial charge in [0.25, 0.3) is 0 Å². The molecule has 0 radical (unpaired) electrons. The fraction of sp³-hybridized carbons (Fsp3) is 0.571. The maximum absolute atomic E-state index is 12.6. The Bertz CT molecular complexity index is 318. The van der Waals surface area contributed by atoms with Crippen LogP contribution in [-0.2, 0) is 9.53 Å². The van der Waals surface area contributed by atoms with Gasteiger partial charge in [-0.1, -0.05) is 11.6 Å². The number of aliphatic carboxylic acids is 1. The number of rotatable bonds is 2. The summed E-state index contributed by atoms with van der Waals surface area (Å²) in [5, 5.41) is 7.50. The molecule has 4 nitrogen and oxygen atoms in total. The van der Waals surface area contributed by atoms with E-state index in [4.69, 9.17) is 16.7 Å². The van der Waals surface area contributed by atoms with Crippen molar-refractivity contribution < 1.29 is 32.2 Å². The van der Waals surface area contributed by atoms with E-state index in [2.05, 4.69) is 4.74 Å². The van der Waals surface area contributed by atoms with Gasteiger partial charge in [-0.2, -0.15) is 17.6 Å². The van der Waals surface area contributed by atoms with Crippen molar-refractivity contribution in [1.82, 2.24) is 4.90 Å². The van der Waals surface area contributed by atoms with Gasteiger partial charge in [0.15, 0.2) is 0 Å². The molecular formula is C7H6ClF4NO3. The summed E-state index contributed by atoms with van der Waals surface area (Å²) in [5.74, 6) is -1.60. The summed E-state index contributed by atoms with van der Waals surface area (Å²) in [4.78, 5) is 10.7. The molecule has 1 rings (SSSR count). The predicted molar refractivity (Wildman–Crippen MR) is 44.1 cm³/mol. The van der Waals surface area contributed by atoms with Crippen LogP contribution in [0.1, 0.15) is 0 Å². The first-order valence-corrected chi connectivity index (χ1v) is 4.30. The topological polar surface area (TPSA) is 49.8 Å². The Labute approximate surface area is 92.0 Å². The molecule has 92 valence electrons. The third-order valence-electron chi connectivity index (χ3n) is 1.57. The number of morpholine rings is 1. The van der Waals surface area contributed by atoms with Crippen molar-refractivity contribution in [2.45, 2.75) is 12.2 Å². The lowest BCUT2D eigenvalue weighted by atomic mass is 10.4. The molecule has 0 amide bonds. The van der Waals surface area contributed by atoms with E-state index in [-0.39, 0.29) is 0 Å². The normalized spacial score (nSPS) is 24.3. The van der Waals surface area contributed by atoms with Crippen molar-refractivity contribution >= 4 is 17.6 Å². The molecule has 9 heteroatoms. The van der Waals surface area contributed by atoms with Crippen LogP contribution in [0, 0.1) is 0 Å². The maximum atomic E-state index is 12.6. The number of carbonyl (C=O) groups is 1. The summed E-state index contributed by atoms with van der Waals surface area (Å²) >= 11 is 5.12. The number of nitrogens with zero attached hydrogens (tertiary/aromatic N) is 1. The molecule has 1 aliphatic rings. The zero-order valence-electron chi connectivity index (χ0n) is 7.59. The minimum Gasteiger partial charge on any atom is -0.477 e. The lowest BCUT2D eigenvalue weighted by Gasteiger charge is -2.36. The van der Waals surface area contributed by atoms with Gasteiger partial charge in [0.1, 0.15) is 18.1 Å². The maximum Gasteiger partial charge on any atom is 0.377 e. The van der Waals surface area contributed by atoms with E-state index in [0.717, 1.165) is 0 Å². The molecule has 0 atom stereocenters. The summed E-state index contributed by atoms with van der Waals surface area (Å²) in [6.45, 7) is -2.38. The van der Waals surface area contributed by atoms with Gasteiger partial charge in [-0.15, -0.1) is 0 Å². The molecule has 1 fully saturated rings. The standard InChI is InChI=1S/C7H6ClF4NO3/c8-4(5(14)15)1-13-2-6(9,10)16-7(11,12)3-13/h1H,2-3H2,(H,14,15)/b4-1+. The van der Waals surface area contributed by atoms with Crippen molar-refractivity contribution in [3.8, 4) is 0 Å². The van der Waals surface area contributed by atoms with Gasteiger partial charge in [0, 0.05) is 6.20 Å². The van der Waals surface area contributed by atoms with Gasteiger partial charge < -0.3 is 10.0 Å². The zero-order valence-corrected chi connectivity index (χ0v) is 8.35. The van der Waals surface area contributed by atoms with E-state index in [9.17, 15) is 22.4 Å². The van der Waals surface area contributed by atoms with Crippen LogP contribution in [0.25, 0.3) is 0 Å². The summed E-state index contributed by atoms with van der Waals surface area (Å²) in [5.41, 5.74) is 0. The molecule has 0 aliphatic carbocycles. The SMILES string of the molecule is O=C(O)/C(Cl)=C\N1CC(F)(F)OC(F)(F)C1. The number of carboxylic acid groups (broad SMARTS) is 1. The monoisotopic (exact) mass is 263 g/mol. The third-order valence-corrected chi connectivity index (χ3v) is 1.83. The molecule has 0 aromatic carbocycles. The smallest absolute Gasteiger partial charge is 0.377 e. The molecule has 0 spiro atoms. The Balaban J connectivity index is 2.83. The van der Waals surface area contributed by atoms with E-state index in [1.165, 1.54) is 0 Å². The zero-order chi connectivity index (χ0) is 12.6. The van der Waals surface area contributed by atoms with Gasteiger partial charge in [0.2, 0.25) is 0 Å². The van der Waals surface area contributed by atoms with E-state index in [1.807, 2.05) is 0 Å². The second-order valence-corrected chi connectivity index (χ2v) is 3.47. The molecule has 0 saturated carbocycles. The molecular weight excluding hydrogens is 258 g/mol. The lowest BCUT2D eigenvalue weighted by Crippen LogP contribution is -2.52. The van der Waals surface area contributed by atoms with Crippen molar-refractivity contribution in [1.29, 1.82) is 0 Å². The largest absolute Gasteiger partial charge is 0.477 e. The summed E-state index contributed by atoms with van der Waals surface area (Å²) in [7, 11) is 0. The molecule has 0 aromatic rings. The lowest BCUT2D eigenvalue weighted by molar-refractivity contribution is -0.401. The van der Waals surface area contributed by atoms with Crippen LogP contribution in [0.5, 0.6) is 0 Å². The number of halogens is 5. The van der Waals surface area contributed by atoms with Gasteiger partial charge in [-0.3, -0.25) is 4.74 Å². The van der Waals surface area contributed by atoms with E-state index >= 15 is 0 Å². The summed E-state index contributed by atoms with van der Waals surface area (Å²) < 4.78 is 53.8.